The van der Waals surface area contributed by atoms with Crippen LogP contribution in [0.5, 0.6) is 0 Å². The number of nitrogens with two attached hydrogens (primary N) is 1. The first-order valence-electron chi connectivity index (χ1n) is 12.5. The molecule has 1 saturated heterocycles. The van der Waals surface area contributed by atoms with Crippen molar-refractivity contribution in [2.24, 2.45) is 5.73 Å². The highest BCUT2D eigenvalue weighted by molar-refractivity contribution is 5.66. The molecule has 0 radical (unpaired) electrons. The Morgan fingerprint density at radius 1 is 0.917 bits per heavy atom. The zero-order valence-corrected chi connectivity index (χ0v) is 20.2. The molecule has 4 heterocycles. The molecule has 4 aromatic rings. The summed E-state index contributed by atoms with van der Waals surface area (Å²) < 4.78 is 19.4. The number of hydrogen-bond acceptors (Lipinski definition) is 6. The van der Waals surface area contributed by atoms with Crippen LogP contribution in [0.4, 0.5) is 0 Å². The lowest BCUT2D eigenvalue weighted by Gasteiger charge is -2.29. The molecule has 2 aromatic heterocycles. The molecule has 2 N–H and O–H groups in total. The van der Waals surface area contributed by atoms with Crippen molar-refractivity contribution in [3.8, 4) is 17.1 Å². The smallest absolute Gasteiger partial charge is 0.230 e. The lowest BCUT2D eigenvalue weighted by atomic mass is 10.1. The Hall–Kier alpha value is -3.81. The van der Waals surface area contributed by atoms with Crippen LogP contribution in [0.15, 0.2) is 89.4 Å². The third kappa shape index (κ3) is 4.67. The van der Waals surface area contributed by atoms with E-state index in [1.807, 2.05) is 41.2 Å². The van der Waals surface area contributed by atoms with Crippen LogP contribution in [0.1, 0.15) is 29.5 Å². The van der Waals surface area contributed by atoms with Crippen molar-refractivity contribution in [3.05, 3.63) is 102 Å². The van der Waals surface area contributed by atoms with E-state index < -0.39 is 0 Å². The van der Waals surface area contributed by atoms with Gasteiger partial charge in [-0.3, -0.25) is 4.90 Å². The predicted octanol–water partition coefficient (Wildman–Crippen LogP) is 4.97. The van der Waals surface area contributed by atoms with Crippen molar-refractivity contribution in [2.45, 2.75) is 31.8 Å². The number of nitrogens with zero attached hydrogens (tertiary/aromatic N) is 3. The molecule has 7 nitrogen and oxygen atoms in total. The van der Waals surface area contributed by atoms with Crippen LogP contribution in [-0.2, 0) is 22.4 Å². The first-order valence-corrected chi connectivity index (χ1v) is 12.5. The summed E-state index contributed by atoms with van der Waals surface area (Å²) in [5, 5.41) is 4.76. The first-order chi connectivity index (χ1) is 17.7. The van der Waals surface area contributed by atoms with Crippen molar-refractivity contribution in [1.82, 2.24) is 14.7 Å². The van der Waals surface area contributed by atoms with Crippen molar-refractivity contribution in [2.75, 3.05) is 19.9 Å². The van der Waals surface area contributed by atoms with E-state index in [-0.39, 0.29) is 6.79 Å². The molecule has 0 spiro atoms. The van der Waals surface area contributed by atoms with E-state index in [9.17, 15) is 0 Å². The zero-order valence-electron chi connectivity index (χ0n) is 20.2. The lowest BCUT2D eigenvalue weighted by molar-refractivity contribution is 0.0857. The summed E-state index contributed by atoms with van der Waals surface area (Å²) in [7, 11) is 0. The highest BCUT2D eigenvalue weighted by Gasteiger charge is 2.23. The Morgan fingerprint density at radius 3 is 2.47 bits per heavy atom. The molecular formula is C29H30N4O3. The standard InChI is InChI=1S/C29H30N4O3/c30-24-12-14-32(15-13-24)19-23-18-31-33(28(23)26-7-4-16-34-26)25-10-8-22(9-11-25)29-27(35-20-36-29)17-21-5-2-1-3-6-21/h1-11,16,18,24H,12-15,17,19-20,30H2. The highest BCUT2D eigenvalue weighted by atomic mass is 16.7. The molecule has 2 aliphatic heterocycles. The van der Waals surface area contributed by atoms with Gasteiger partial charge in [-0.05, 0) is 67.9 Å². The Balaban J connectivity index is 1.28. The van der Waals surface area contributed by atoms with Gasteiger partial charge in [0.1, 0.15) is 11.5 Å². The Labute approximate surface area is 210 Å². The van der Waals surface area contributed by atoms with Crippen LogP contribution in [0, 0.1) is 0 Å². The summed E-state index contributed by atoms with van der Waals surface area (Å²) in [5.41, 5.74) is 11.4. The lowest BCUT2D eigenvalue weighted by Crippen LogP contribution is -2.39. The van der Waals surface area contributed by atoms with Crippen LogP contribution in [0.3, 0.4) is 0 Å². The Bertz CT molecular complexity index is 1320. The molecular weight excluding hydrogens is 452 g/mol. The average molecular weight is 483 g/mol. The fourth-order valence-corrected chi connectivity index (χ4v) is 4.94. The number of aromatic nitrogens is 2. The molecule has 184 valence electrons. The van der Waals surface area contributed by atoms with Gasteiger partial charge in [0.05, 0.1) is 18.1 Å². The van der Waals surface area contributed by atoms with Crippen LogP contribution >= 0.6 is 0 Å². The molecule has 7 heteroatoms. The van der Waals surface area contributed by atoms with E-state index in [1.165, 1.54) is 5.56 Å². The second kappa shape index (κ2) is 10.0. The van der Waals surface area contributed by atoms with E-state index in [0.29, 0.717) is 12.5 Å². The summed E-state index contributed by atoms with van der Waals surface area (Å²) in [6.07, 6.45) is 6.41. The minimum absolute atomic E-state index is 0.242. The molecule has 2 aromatic carbocycles. The van der Waals surface area contributed by atoms with Gasteiger partial charge >= 0.3 is 0 Å². The molecule has 1 fully saturated rings. The maximum atomic E-state index is 6.10. The van der Waals surface area contributed by atoms with Gasteiger partial charge in [-0.15, -0.1) is 0 Å². The molecule has 0 amide bonds. The number of hydrogen-bond donors (Lipinski definition) is 1. The van der Waals surface area contributed by atoms with Gasteiger partial charge in [-0.1, -0.05) is 30.3 Å². The molecule has 0 saturated carbocycles. The molecule has 0 atom stereocenters. The fraction of sp³-hybridized carbons (Fsp3) is 0.276. The van der Waals surface area contributed by atoms with Crippen LogP contribution in [0.2, 0.25) is 0 Å². The molecule has 2 aliphatic rings. The molecule has 6 rings (SSSR count). The third-order valence-electron chi connectivity index (χ3n) is 6.90. The minimum atomic E-state index is 0.242. The molecule has 0 unspecified atom stereocenters. The predicted molar refractivity (Wildman–Crippen MR) is 138 cm³/mol. The molecule has 0 aliphatic carbocycles. The van der Waals surface area contributed by atoms with E-state index in [4.69, 9.17) is 24.7 Å². The second-order valence-corrected chi connectivity index (χ2v) is 9.39. The summed E-state index contributed by atoms with van der Waals surface area (Å²) in [6, 6.07) is 22.7. The quantitative estimate of drug-likeness (QED) is 0.401. The van der Waals surface area contributed by atoms with Crippen LogP contribution in [-0.4, -0.2) is 40.6 Å². The van der Waals surface area contributed by atoms with Crippen LogP contribution in [0.25, 0.3) is 22.9 Å². The third-order valence-corrected chi connectivity index (χ3v) is 6.90. The number of piperidine rings is 1. The Morgan fingerprint density at radius 2 is 1.72 bits per heavy atom. The SMILES string of the molecule is NC1CCN(Cc2cnn(-c3ccc(C4=C(Cc5ccccc5)OCO4)cc3)c2-c2ccco2)CC1. The van der Waals surface area contributed by atoms with E-state index in [1.54, 1.807) is 6.26 Å². The van der Waals surface area contributed by atoms with Gasteiger partial charge in [0.2, 0.25) is 6.79 Å². The van der Waals surface area contributed by atoms with Crippen LogP contribution < -0.4 is 5.73 Å². The number of benzene rings is 2. The van der Waals surface area contributed by atoms with E-state index >= 15 is 0 Å². The second-order valence-electron chi connectivity index (χ2n) is 9.39. The van der Waals surface area contributed by atoms with Crippen molar-refractivity contribution in [1.29, 1.82) is 0 Å². The van der Waals surface area contributed by atoms with Gasteiger partial charge < -0.3 is 19.6 Å². The number of furan rings is 1. The average Bonchev–Trinajstić information content (AvgIpc) is 3.68. The number of rotatable bonds is 7. The number of likely N-dealkylation sites (tertiary alicyclic amines) is 1. The van der Waals surface area contributed by atoms with Gasteiger partial charge in [-0.2, -0.15) is 5.10 Å². The highest BCUT2D eigenvalue weighted by Crippen LogP contribution is 2.32. The zero-order chi connectivity index (χ0) is 24.3. The summed E-state index contributed by atoms with van der Waals surface area (Å²) in [4.78, 5) is 2.44. The van der Waals surface area contributed by atoms with Crippen molar-refractivity contribution >= 4 is 5.76 Å². The summed E-state index contributed by atoms with van der Waals surface area (Å²) >= 11 is 0. The summed E-state index contributed by atoms with van der Waals surface area (Å²) in [5.74, 6) is 2.45. The maximum absolute atomic E-state index is 6.10. The monoisotopic (exact) mass is 482 g/mol. The van der Waals surface area contributed by atoms with Crippen molar-refractivity contribution in [3.63, 3.8) is 0 Å². The van der Waals surface area contributed by atoms with Crippen molar-refractivity contribution < 1.29 is 13.9 Å². The largest absolute Gasteiger partial charge is 0.463 e. The first kappa shape index (κ1) is 22.6. The normalized spacial score (nSPS) is 16.8. The number of allylic oxidation sites excluding steroid dienone is 1. The topological polar surface area (TPSA) is 78.7 Å². The number of ether oxygens (including phenoxy) is 2. The van der Waals surface area contributed by atoms with E-state index in [2.05, 4.69) is 41.3 Å². The van der Waals surface area contributed by atoms with Gasteiger partial charge in [-0.25, -0.2) is 4.68 Å². The van der Waals surface area contributed by atoms with Gasteiger partial charge in [0.15, 0.2) is 11.5 Å². The maximum Gasteiger partial charge on any atom is 0.230 e. The fourth-order valence-electron chi connectivity index (χ4n) is 4.94. The minimum Gasteiger partial charge on any atom is -0.463 e. The van der Waals surface area contributed by atoms with Gasteiger partial charge in [0, 0.05) is 30.1 Å². The van der Waals surface area contributed by atoms with E-state index in [0.717, 1.165) is 72.3 Å². The Kier molecular flexibility index (Phi) is 6.32. The molecule has 36 heavy (non-hydrogen) atoms. The molecule has 0 bridgehead atoms. The summed E-state index contributed by atoms with van der Waals surface area (Å²) in [6.45, 7) is 3.07. The van der Waals surface area contributed by atoms with Gasteiger partial charge in [0.25, 0.3) is 0 Å².